The fraction of sp³-hybridized carbons (Fsp3) is 0.538. The van der Waals surface area contributed by atoms with Gasteiger partial charge in [0.2, 0.25) is 10.0 Å². The van der Waals surface area contributed by atoms with Crippen molar-refractivity contribution < 1.29 is 8.42 Å². The molecule has 2 rings (SSSR count). The van der Waals surface area contributed by atoms with E-state index in [0.717, 1.165) is 18.4 Å². The monoisotopic (exact) mass is 336 g/mol. The molecule has 1 aromatic rings. The van der Waals surface area contributed by atoms with Gasteiger partial charge in [-0.15, -0.1) is 0 Å². The average molecular weight is 337 g/mol. The molecule has 0 atom stereocenters. The summed E-state index contributed by atoms with van der Waals surface area (Å²) in [6, 6.07) is 5.79. The van der Waals surface area contributed by atoms with Gasteiger partial charge in [0.15, 0.2) is 0 Å². The van der Waals surface area contributed by atoms with Gasteiger partial charge < -0.3 is 5.32 Å². The fourth-order valence-corrected chi connectivity index (χ4v) is 3.81. The maximum atomic E-state index is 11.4. The van der Waals surface area contributed by atoms with Crippen LogP contribution >= 0.6 is 23.2 Å². The molecule has 1 aliphatic rings. The maximum absolute atomic E-state index is 11.4. The van der Waals surface area contributed by atoms with E-state index in [2.05, 4.69) is 5.32 Å². The number of piperidine rings is 1. The standard InChI is InChI=1S/C13H18Cl2N2O2S/c1-20(18,19)17-4-2-13(3-5-17)16-9-10-6-11(14)8-12(15)7-10/h6-8,13,16H,2-5,9H2,1H3. The van der Waals surface area contributed by atoms with Crippen LogP contribution in [0.15, 0.2) is 18.2 Å². The van der Waals surface area contributed by atoms with E-state index in [0.29, 0.717) is 35.7 Å². The van der Waals surface area contributed by atoms with Gasteiger partial charge in [0.1, 0.15) is 0 Å². The molecule has 0 unspecified atom stereocenters. The van der Waals surface area contributed by atoms with Crippen LogP contribution in [-0.4, -0.2) is 38.1 Å². The zero-order valence-electron chi connectivity index (χ0n) is 11.3. The Hall–Kier alpha value is -0.330. The Morgan fingerprint density at radius 3 is 2.25 bits per heavy atom. The number of rotatable bonds is 4. The molecule has 0 amide bonds. The van der Waals surface area contributed by atoms with Gasteiger partial charge in [-0.2, -0.15) is 0 Å². The summed E-state index contributed by atoms with van der Waals surface area (Å²) in [5.41, 5.74) is 1.04. The highest BCUT2D eigenvalue weighted by Crippen LogP contribution is 2.20. The second kappa shape index (κ2) is 6.62. The summed E-state index contributed by atoms with van der Waals surface area (Å²) >= 11 is 11.9. The number of sulfonamides is 1. The van der Waals surface area contributed by atoms with E-state index in [-0.39, 0.29) is 0 Å². The van der Waals surface area contributed by atoms with Crippen LogP contribution in [0.3, 0.4) is 0 Å². The minimum atomic E-state index is -3.06. The van der Waals surface area contributed by atoms with Crippen LogP contribution in [0.1, 0.15) is 18.4 Å². The lowest BCUT2D eigenvalue weighted by atomic mass is 10.1. The second-order valence-electron chi connectivity index (χ2n) is 5.09. The summed E-state index contributed by atoms with van der Waals surface area (Å²) in [4.78, 5) is 0. The Bertz CT molecular complexity index is 549. The third-order valence-corrected chi connectivity index (χ3v) is 5.18. The molecule has 0 aromatic heterocycles. The number of hydrogen-bond donors (Lipinski definition) is 1. The maximum Gasteiger partial charge on any atom is 0.211 e. The van der Waals surface area contributed by atoms with Crippen LogP contribution in [0.4, 0.5) is 0 Å². The lowest BCUT2D eigenvalue weighted by Crippen LogP contribution is -2.44. The zero-order valence-corrected chi connectivity index (χ0v) is 13.6. The van der Waals surface area contributed by atoms with Crippen LogP contribution < -0.4 is 5.32 Å². The van der Waals surface area contributed by atoms with Gasteiger partial charge in [-0.25, -0.2) is 12.7 Å². The van der Waals surface area contributed by atoms with Gasteiger partial charge in [-0.3, -0.25) is 0 Å². The first-order valence-corrected chi connectivity index (χ1v) is 9.08. The first-order valence-electron chi connectivity index (χ1n) is 6.48. The highest BCUT2D eigenvalue weighted by atomic mass is 35.5. The number of halogens is 2. The largest absolute Gasteiger partial charge is 0.310 e. The van der Waals surface area contributed by atoms with Crippen molar-refractivity contribution in [2.24, 2.45) is 0 Å². The van der Waals surface area contributed by atoms with Crippen LogP contribution in [-0.2, 0) is 16.6 Å². The molecule has 1 fully saturated rings. The Morgan fingerprint density at radius 2 is 1.75 bits per heavy atom. The molecule has 1 N–H and O–H groups in total. The van der Waals surface area contributed by atoms with Crippen LogP contribution in [0, 0.1) is 0 Å². The molecule has 0 spiro atoms. The van der Waals surface area contributed by atoms with Crippen LogP contribution in [0.5, 0.6) is 0 Å². The number of nitrogens with one attached hydrogen (secondary N) is 1. The Kier molecular flexibility index (Phi) is 5.31. The highest BCUT2D eigenvalue weighted by molar-refractivity contribution is 7.88. The second-order valence-corrected chi connectivity index (χ2v) is 7.95. The molecular weight excluding hydrogens is 319 g/mol. The molecule has 0 bridgehead atoms. The van der Waals surface area contributed by atoms with Gasteiger partial charge in [0.25, 0.3) is 0 Å². The molecule has 0 saturated carbocycles. The number of benzene rings is 1. The molecule has 112 valence electrons. The summed E-state index contributed by atoms with van der Waals surface area (Å²) in [6.45, 7) is 1.84. The van der Waals surface area contributed by atoms with Crippen molar-refractivity contribution in [3.05, 3.63) is 33.8 Å². The summed E-state index contributed by atoms with van der Waals surface area (Å²) in [5, 5.41) is 4.68. The third kappa shape index (κ3) is 4.60. The molecule has 1 saturated heterocycles. The van der Waals surface area contributed by atoms with E-state index in [4.69, 9.17) is 23.2 Å². The van der Waals surface area contributed by atoms with Crippen molar-refractivity contribution in [3.63, 3.8) is 0 Å². The number of nitrogens with zero attached hydrogens (tertiary/aromatic N) is 1. The van der Waals surface area contributed by atoms with E-state index in [1.165, 1.54) is 10.6 Å². The van der Waals surface area contributed by atoms with Crippen molar-refractivity contribution in [3.8, 4) is 0 Å². The fourth-order valence-electron chi connectivity index (χ4n) is 2.37. The summed E-state index contributed by atoms with van der Waals surface area (Å²) in [5.74, 6) is 0. The van der Waals surface area contributed by atoms with Crippen molar-refractivity contribution >= 4 is 33.2 Å². The first-order chi connectivity index (χ1) is 9.34. The first kappa shape index (κ1) is 16.0. The van der Waals surface area contributed by atoms with Crippen molar-refractivity contribution in [2.45, 2.75) is 25.4 Å². The zero-order chi connectivity index (χ0) is 14.8. The predicted molar refractivity (Wildman–Crippen MR) is 82.7 cm³/mol. The Balaban J connectivity index is 1.84. The SMILES string of the molecule is CS(=O)(=O)N1CCC(NCc2cc(Cl)cc(Cl)c2)CC1. The van der Waals surface area contributed by atoms with Gasteiger partial charge in [0, 0.05) is 35.7 Å². The van der Waals surface area contributed by atoms with Crippen molar-refractivity contribution in [2.75, 3.05) is 19.3 Å². The van der Waals surface area contributed by atoms with Gasteiger partial charge in [-0.05, 0) is 36.6 Å². The molecule has 1 aliphatic heterocycles. The predicted octanol–water partition coefficient (Wildman–Crippen LogP) is 2.51. The van der Waals surface area contributed by atoms with Crippen LogP contribution in [0.2, 0.25) is 10.0 Å². The quantitative estimate of drug-likeness (QED) is 0.918. The van der Waals surface area contributed by atoms with Crippen molar-refractivity contribution in [1.82, 2.24) is 9.62 Å². The molecule has 20 heavy (non-hydrogen) atoms. The van der Waals surface area contributed by atoms with E-state index >= 15 is 0 Å². The lowest BCUT2D eigenvalue weighted by Gasteiger charge is -2.30. The average Bonchev–Trinajstić information content (AvgIpc) is 2.35. The molecule has 0 aliphatic carbocycles. The number of hydrogen-bond acceptors (Lipinski definition) is 3. The van der Waals surface area contributed by atoms with Crippen LogP contribution in [0.25, 0.3) is 0 Å². The van der Waals surface area contributed by atoms with E-state index < -0.39 is 10.0 Å². The lowest BCUT2D eigenvalue weighted by molar-refractivity contribution is 0.290. The Labute approximate surface area is 130 Å². The van der Waals surface area contributed by atoms with Gasteiger partial charge in [-0.1, -0.05) is 23.2 Å². The van der Waals surface area contributed by atoms with E-state index in [1.54, 1.807) is 6.07 Å². The topological polar surface area (TPSA) is 49.4 Å². The molecular formula is C13H18Cl2N2O2S. The minimum absolute atomic E-state index is 0.325. The summed E-state index contributed by atoms with van der Waals surface area (Å²) in [6.07, 6.45) is 2.90. The summed E-state index contributed by atoms with van der Waals surface area (Å²) < 4.78 is 24.4. The minimum Gasteiger partial charge on any atom is -0.310 e. The Morgan fingerprint density at radius 1 is 1.20 bits per heavy atom. The summed E-state index contributed by atoms with van der Waals surface area (Å²) in [7, 11) is -3.06. The third-order valence-electron chi connectivity index (χ3n) is 3.44. The normalized spacial score (nSPS) is 18.4. The molecule has 7 heteroatoms. The molecule has 0 radical (unpaired) electrons. The molecule has 1 heterocycles. The van der Waals surface area contributed by atoms with E-state index in [9.17, 15) is 8.42 Å². The van der Waals surface area contributed by atoms with Gasteiger partial charge >= 0.3 is 0 Å². The highest BCUT2D eigenvalue weighted by Gasteiger charge is 2.24. The molecule has 4 nitrogen and oxygen atoms in total. The van der Waals surface area contributed by atoms with Crippen molar-refractivity contribution in [1.29, 1.82) is 0 Å². The molecule has 1 aromatic carbocycles. The smallest absolute Gasteiger partial charge is 0.211 e. The van der Waals surface area contributed by atoms with Gasteiger partial charge in [0.05, 0.1) is 6.26 Å². The van der Waals surface area contributed by atoms with E-state index in [1.807, 2.05) is 12.1 Å².